The van der Waals surface area contributed by atoms with Crippen LogP contribution in [0, 0.1) is 5.82 Å². The molecule has 0 atom stereocenters. The molecule has 0 bridgehead atoms. The summed E-state index contributed by atoms with van der Waals surface area (Å²) >= 11 is 0. The lowest BCUT2D eigenvalue weighted by Gasteiger charge is -2.34. The molecule has 4 heteroatoms. The van der Waals surface area contributed by atoms with Gasteiger partial charge in [-0.2, -0.15) is 0 Å². The minimum Gasteiger partial charge on any atom is -0.349 e. The molecular weight excluding hydrogens is 298 g/mol. The van der Waals surface area contributed by atoms with Crippen molar-refractivity contribution in [3.05, 3.63) is 47.8 Å². The second-order valence-corrected chi connectivity index (χ2v) is 6.24. The first-order valence-electron chi connectivity index (χ1n) is 8.36. The molecule has 0 spiro atoms. The molecule has 1 saturated heterocycles. The van der Waals surface area contributed by atoms with Crippen molar-refractivity contribution < 1.29 is 18.3 Å². The van der Waals surface area contributed by atoms with Crippen molar-refractivity contribution in [3.63, 3.8) is 0 Å². The van der Waals surface area contributed by atoms with E-state index in [2.05, 4.69) is 6.58 Å². The molecule has 23 heavy (non-hydrogen) atoms. The van der Waals surface area contributed by atoms with Crippen LogP contribution >= 0.6 is 0 Å². The zero-order chi connectivity index (χ0) is 16.7. The second kappa shape index (κ2) is 8.55. The van der Waals surface area contributed by atoms with Crippen molar-refractivity contribution in [1.29, 1.82) is 0 Å². The summed E-state index contributed by atoms with van der Waals surface area (Å²) in [6, 6.07) is 5.32. The topological polar surface area (TPSA) is 18.5 Å². The molecule has 1 aliphatic heterocycles. The Morgan fingerprint density at radius 2 is 2.04 bits per heavy atom. The molecule has 1 heterocycles. The Bertz CT molecular complexity index is 508. The Kier molecular flexibility index (Phi) is 6.72. The van der Waals surface area contributed by atoms with Gasteiger partial charge in [-0.15, -0.1) is 6.58 Å². The van der Waals surface area contributed by atoms with Gasteiger partial charge in [-0.3, -0.25) is 0 Å². The van der Waals surface area contributed by atoms with Crippen LogP contribution in [0.25, 0.3) is 0 Å². The van der Waals surface area contributed by atoms with Gasteiger partial charge in [0.1, 0.15) is 5.82 Å². The number of rotatable bonds is 8. The molecule has 0 N–H and O–H groups in total. The number of aryl methyl sites for hydroxylation is 2. The first-order valence-corrected chi connectivity index (χ1v) is 8.36. The van der Waals surface area contributed by atoms with Crippen LogP contribution in [0.5, 0.6) is 0 Å². The molecule has 0 radical (unpaired) electrons. The summed E-state index contributed by atoms with van der Waals surface area (Å²) in [5, 5.41) is 0. The summed E-state index contributed by atoms with van der Waals surface area (Å²) in [6.07, 6.45) is 5.30. The summed E-state index contributed by atoms with van der Waals surface area (Å²) in [7, 11) is 0. The molecule has 1 aromatic rings. The fraction of sp³-hybridized carbons (Fsp3) is 0.579. The number of halogens is 2. The molecule has 1 aromatic carbocycles. The minimum absolute atomic E-state index is 0.0837. The third-order valence-corrected chi connectivity index (χ3v) is 4.16. The van der Waals surface area contributed by atoms with Crippen molar-refractivity contribution in [2.45, 2.75) is 57.4 Å². The molecule has 0 aliphatic carbocycles. The third kappa shape index (κ3) is 5.40. The fourth-order valence-electron chi connectivity index (χ4n) is 2.82. The van der Waals surface area contributed by atoms with E-state index in [4.69, 9.17) is 9.47 Å². The van der Waals surface area contributed by atoms with E-state index in [1.54, 1.807) is 12.1 Å². The highest BCUT2D eigenvalue weighted by atomic mass is 19.1. The molecule has 0 amide bonds. The normalized spacial score (nSPS) is 24.6. The predicted molar refractivity (Wildman–Crippen MR) is 87.7 cm³/mol. The van der Waals surface area contributed by atoms with Crippen LogP contribution < -0.4 is 0 Å². The summed E-state index contributed by atoms with van der Waals surface area (Å²) in [6.45, 7) is 5.76. The summed E-state index contributed by atoms with van der Waals surface area (Å²) in [4.78, 5) is 0. The maximum Gasteiger partial charge on any atom is 0.158 e. The second-order valence-electron chi connectivity index (χ2n) is 6.24. The largest absolute Gasteiger partial charge is 0.349 e. The highest BCUT2D eigenvalue weighted by molar-refractivity contribution is 5.25. The Morgan fingerprint density at radius 3 is 2.65 bits per heavy atom. The molecule has 1 aliphatic rings. The summed E-state index contributed by atoms with van der Waals surface area (Å²) in [5.74, 6) is -0.180. The van der Waals surface area contributed by atoms with E-state index < -0.39 is 12.0 Å². The van der Waals surface area contributed by atoms with Gasteiger partial charge in [-0.1, -0.05) is 31.6 Å². The SMILES string of the molecule is C=CCCc1ccc(CCC2OCC(F)(CCC)CO2)cc1F. The van der Waals surface area contributed by atoms with Crippen molar-refractivity contribution in [2.24, 2.45) is 0 Å². The lowest BCUT2D eigenvalue weighted by Crippen LogP contribution is -2.44. The van der Waals surface area contributed by atoms with Crippen molar-refractivity contribution in [3.8, 4) is 0 Å². The maximum atomic E-state index is 14.2. The first-order chi connectivity index (χ1) is 11.1. The average molecular weight is 324 g/mol. The van der Waals surface area contributed by atoms with Crippen LogP contribution in [0.3, 0.4) is 0 Å². The van der Waals surface area contributed by atoms with E-state index in [0.717, 1.165) is 18.4 Å². The van der Waals surface area contributed by atoms with E-state index in [1.807, 2.05) is 19.1 Å². The molecule has 128 valence electrons. The molecule has 0 saturated carbocycles. The van der Waals surface area contributed by atoms with Crippen molar-refractivity contribution >= 4 is 0 Å². The minimum atomic E-state index is -1.36. The lowest BCUT2D eigenvalue weighted by atomic mass is 10.0. The van der Waals surface area contributed by atoms with E-state index >= 15 is 0 Å². The zero-order valence-electron chi connectivity index (χ0n) is 13.8. The highest BCUT2D eigenvalue weighted by Crippen LogP contribution is 2.26. The van der Waals surface area contributed by atoms with Gasteiger partial charge >= 0.3 is 0 Å². The number of ether oxygens (including phenoxy) is 2. The molecule has 2 nitrogen and oxygen atoms in total. The first kappa shape index (κ1) is 18.1. The number of allylic oxidation sites excluding steroid dienone is 1. The van der Waals surface area contributed by atoms with Crippen LogP contribution in [0.15, 0.2) is 30.9 Å². The Morgan fingerprint density at radius 1 is 1.30 bits per heavy atom. The van der Waals surface area contributed by atoms with Gasteiger partial charge in [0.2, 0.25) is 0 Å². The molecule has 0 aromatic heterocycles. The average Bonchev–Trinajstić information content (AvgIpc) is 2.54. The van der Waals surface area contributed by atoms with Crippen LogP contribution in [-0.4, -0.2) is 25.2 Å². The monoisotopic (exact) mass is 324 g/mol. The number of hydrogen-bond donors (Lipinski definition) is 0. The van der Waals surface area contributed by atoms with Crippen LogP contribution in [0.1, 0.15) is 43.7 Å². The molecular formula is C19H26F2O2. The van der Waals surface area contributed by atoms with Gasteiger partial charge in [0.25, 0.3) is 0 Å². The lowest BCUT2D eigenvalue weighted by molar-refractivity contribution is -0.236. The third-order valence-electron chi connectivity index (χ3n) is 4.16. The summed E-state index contributed by atoms with van der Waals surface area (Å²) < 4.78 is 39.1. The molecule has 0 unspecified atom stereocenters. The smallest absolute Gasteiger partial charge is 0.158 e. The summed E-state index contributed by atoms with van der Waals surface area (Å²) in [5.41, 5.74) is 0.257. The van der Waals surface area contributed by atoms with Gasteiger partial charge in [0.15, 0.2) is 12.0 Å². The zero-order valence-corrected chi connectivity index (χ0v) is 13.8. The van der Waals surface area contributed by atoms with E-state index in [9.17, 15) is 8.78 Å². The number of alkyl halides is 1. The van der Waals surface area contributed by atoms with Crippen molar-refractivity contribution in [1.82, 2.24) is 0 Å². The van der Waals surface area contributed by atoms with Gasteiger partial charge < -0.3 is 9.47 Å². The van der Waals surface area contributed by atoms with E-state index in [0.29, 0.717) is 31.2 Å². The fourth-order valence-corrected chi connectivity index (χ4v) is 2.82. The van der Waals surface area contributed by atoms with Gasteiger partial charge in [0, 0.05) is 6.42 Å². The molecule has 2 rings (SSSR count). The predicted octanol–water partition coefficient (Wildman–Crippen LogP) is 4.76. The standard InChI is InChI=1S/C19H26F2O2/c1-3-5-6-16-9-7-15(12-17(16)20)8-10-18-22-13-19(21,11-4-2)14-23-18/h3,7,9,12,18H,1,4-6,8,10-11,13-14H2,2H3. The quantitative estimate of drug-likeness (QED) is 0.642. The van der Waals surface area contributed by atoms with Crippen LogP contribution in [-0.2, 0) is 22.3 Å². The number of benzene rings is 1. The maximum absolute atomic E-state index is 14.2. The van der Waals surface area contributed by atoms with Gasteiger partial charge in [0.05, 0.1) is 13.2 Å². The van der Waals surface area contributed by atoms with E-state index in [-0.39, 0.29) is 19.0 Å². The van der Waals surface area contributed by atoms with Crippen LogP contribution in [0.2, 0.25) is 0 Å². The van der Waals surface area contributed by atoms with Crippen molar-refractivity contribution in [2.75, 3.05) is 13.2 Å². The Balaban J connectivity index is 1.80. The van der Waals surface area contributed by atoms with Crippen LogP contribution in [0.4, 0.5) is 8.78 Å². The Hall–Kier alpha value is -1.26. The highest BCUT2D eigenvalue weighted by Gasteiger charge is 2.35. The van der Waals surface area contributed by atoms with Gasteiger partial charge in [-0.25, -0.2) is 8.78 Å². The Labute approximate surface area is 137 Å². The van der Waals surface area contributed by atoms with Gasteiger partial charge in [-0.05, 0) is 42.9 Å². The molecule has 1 fully saturated rings. The number of hydrogen-bond acceptors (Lipinski definition) is 2. The van der Waals surface area contributed by atoms with E-state index in [1.165, 1.54) is 0 Å².